The van der Waals surface area contributed by atoms with Gasteiger partial charge in [0.1, 0.15) is 9.90 Å². The first-order chi connectivity index (χ1) is 12.5. The number of sulfonamides is 1. The molecule has 1 aliphatic heterocycles. The first-order valence-electron chi connectivity index (χ1n) is 8.46. The van der Waals surface area contributed by atoms with Crippen LogP contribution in [0.2, 0.25) is 0 Å². The highest BCUT2D eigenvalue weighted by Crippen LogP contribution is 2.29. The van der Waals surface area contributed by atoms with Crippen LogP contribution in [0.1, 0.15) is 13.3 Å². The first kappa shape index (κ1) is 19.2. The van der Waals surface area contributed by atoms with Crippen LogP contribution < -0.4 is 10.3 Å². The normalized spacial score (nSPS) is 17.3. The second kappa shape index (κ2) is 8.40. The standard InChI is InChI=1S/C16H22N4O4S2/c1-2-12(11-20-7-9-24-10-8-20)19-26(22,23)16-6-4-14(25-16)13-3-5-15(21)18-17-13/h3-6,12,19H,2,7-11H2,1H3,(H,18,21). The average Bonchev–Trinajstić information content (AvgIpc) is 3.13. The molecule has 0 amide bonds. The van der Waals surface area contributed by atoms with Crippen LogP contribution in [0.5, 0.6) is 0 Å². The van der Waals surface area contributed by atoms with Gasteiger partial charge in [-0.15, -0.1) is 11.3 Å². The molecule has 0 aromatic carbocycles. The van der Waals surface area contributed by atoms with E-state index < -0.39 is 10.0 Å². The predicted octanol–water partition coefficient (Wildman–Crippen LogP) is 0.888. The zero-order valence-corrected chi connectivity index (χ0v) is 16.1. The van der Waals surface area contributed by atoms with E-state index in [9.17, 15) is 13.2 Å². The lowest BCUT2D eigenvalue weighted by atomic mass is 10.2. The van der Waals surface area contributed by atoms with Gasteiger partial charge in [-0.25, -0.2) is 18.2 Å². The summed E-state index contributed by atoms with van der Waals surface area (Å²) < 4.78 is 33.8. The lowest BCUT2D eigenvalue weighted by Crippen LogP contribution is -2.46. The van der Waals surface area contributed by atoms with Crippen molar-refractivity contribution >= 4 is 21.4 Å². The molecule has 0 radical (unpaired) electrons. The Kier molecular flexibility index (Phi) is 6.20. The molecule has 1 aliphatic rings. The third-order valence-corrected chi connectivity index (χ3v) is 7.29. The van der Waals surface area contributed by atoms with Crippen molar-refractivity contribution in [2.45, 2.75) is 23.6 Å². The van der Waals surface area contributed by atoms with Crippen molar-refractivity contribution in [2.75, 3.05) is 32.8 Å². The third-order valence-electron chi connectivity index (χ3n) is 4.17. The van der Waals surface area contributed by atoms with Gasteiger partial charge in [-0.3, -0.25) is 9.69 Å². The molecule has 3 rings (SSSR count). The third kappa shape index (κ3) is 4.77. The van der Waals surface area contributed by atoms with Gasteiger partial charge < -0.3 is 4.74 Å². The summed E-state index contributed by atoms with van der Waals surface area (Å²) in [6, 6.07) is 6.04. The minimum absolute atomic E-state index is 0.158. The molecule has 8 nitrogen and oxygen atoms in total. The first-order valence-corrected chi connectivity index (χ1v) is 10.8. The average molecular weight is 399 g/mol. The Morgan fingerprint density at radius 1 is 1.31 bits per heavy atom. The molecule has 2 aromatic rings. The van der Waals surface area contributed by atoms with Gasteiger partial charge in [0.05, 0.1) is 18.1 Å². The molecule has 0 bridgehead atoms. The summed E-state index contributed by atoms with van der Waals surface area (Å²) in [5.41, 5.74) is 0.241. The minimum Gasteiger partial charge on any atom is -0.379 e. The van der Waals surface area contributed by atoms with Gasteiger partial charge in [0.25, 0.3) is 5.56 Å². The largest absolute Gasteiger partial charge is 0.379 e. The second-order valence-corrected chi connectivity index (χ2v) is 9.09. The summed E-state index contributed by atoms with van der Waals surface area (Å²) >= 11 is 1.13. The topological polar surface area (TPSA) is 104 Å². The summed E-state index contributed by atoms with van der Waals surface area (Å²) in [5, 5.41) is 6.29. The van der Waals surface area contributed by atoms with E-state index in [1.807, 2.05) is 6.92 Å². The molecular formula is C16H22N4O4S2. The molecule has 0 aliphatic carbocycles. The number of nitrogens with one attached hydrogen (secondary N) is 2. The number of aromatic amines is 1. The highest BCUT2D eigenvalue weighted by molar-refractivity contribution is 7.91. The van der Waals surface area contributed by atoms with E-state index in [1.165, 1.54) is 6.07 Å². The van der Waals surface area contributed by atoms with Crippen LogP contribution in [0.3, 0.4) is 0 Å². The van der Waals surface area contributed by atoms with Gasteiger partial charge in [-0.2, -0.15) is 5.10 Å². The minimum atomic E-state index is -3.61. The van der Waals surface area contributed by atoms with Gasteiger partial charge >= 0.3 is 0 Å². The number of H-pyrrole nitrogens is 1. The molecule has 1 fully saturated rings. The smallest absolute Gasteiger partial charge is 0.264 e. The fraction of sp³-hybridized carbons (Fsp3) is 0.500. The lowest BCUT2D eigenvalue weighted by Gasteiger charge is -2.30. The molecule has 142 valence electrons. The van der Waals surface area contributed by atoms with Crippen LogP contribution >= 0.6 is 11.3 Å². The number of morpholine rings is 1. The quantitative estimate of drug-likeness (QED) is 0.718. The zero-order chi connectivity index (χ0) is 18.6. The van der Waals surface area contributed by atoms with Crippen LogP contribution in [0.15, 0.2) is 33.3 Å². The van der Waals surface area contributed by atoms with Crippen molar-refractivity contribution in [3.05, 3.63) is 34.6 Å². The maximum atomic E-state index is 12.7. The van der Waals surface area contributed by atoms with Crippen molar-refractivity contribution in [2.24, 2.45) is 0 Å². The number of rotatable bonds is 7. The van der Waals surface area contributed by atoms with Crippen LogP contribution in [0, 0.1) is 0 Å². The van der Waals surface area contributed by atoms with E-state index in [0.29, 0.717) is 36.8 Å². The Bertz CT molecular complexity index is 867. The van der Waals surface area contributed by atoms with Gasteiger partial charge in [0.2, 0.25) is 10.0 Å². The van der Waals surface area contributed by atoms with Gasteiger partial charge in [0, 0.05) is 31.7 Å². The summed E-state index contributed by atoms with van der Waals surface area (Å²) in [5.74, 6) is 0. The zero-order valence-electron chi connectivity index (χ0n) is 14.5. The number of thiophene rings is 1. The maximum absolute atomic E-state index is 12.7. The number of hydrogen-bond acceptors (Lipinski definition) is 7. The molecule has 1 saturated heterocycles. The molecule has 2 N–H and O–H groups in total. The van der Waals surface area contributed by atoms with E-state index in [-0.39, 0.29) is 15.8 Å². The van der Waals surface area contributed by atoms with Gasteiger partial charge in [-0.1, -0.05) is 6.92 Å². The van der Waals surface area contributed by atoms with Gasteiger partial charge in [0.15, 0.2) is 0 Å². The summed E-state index contributed by atoms with van der Waals surface area (Å²) in [7, 11) is -3.61. The summed E-state index contributed by atoms with van der Waals surface area (Å²) in [6.07, 6.45) is 0.705. The van der Waals surface area contributed by atoms with Crippen LogP contribution in [0.4, 0.5) is 0 Å². The highest BCUT2D eigenvalue weighted by atomic mass is 32.2. The highest BCUT2D eigenvalue weighted by Gasteiger charge is 2.23. The Labute approximate surface area is 156 Å². The fourth-order valence-corrected chi connectivity index (χ4v) is 5.31. The van der Waals surface area contributed by atoms with Crippen molar-refractivity contribution in [3.63, 3.8) is 0 Å². The van der Waals surface area contributed by atoms with Gasteiger partial charge in [-0.05, 0) is 24.6 Å². The fourth-order valence-electron chi connectivity index (χ4n) is 2.71. The Morgan fingerprint density at radius 2 is 2.08 bits per heavy atom. The molecule has 3 heterocycles. The van der Waals surface area contributed by atoms with E-state index in [2.05, 4.69) is 19.8 Å². The molecule has 2 aromatic heterocycles. The number of aromatic nitrogens is 2. The van der Waals surface area contributed by atoms with E-state index in [4.69, 9.17) is 4.74 Å². The summed E-state index contributed by atoms with van der Waals surface area (Å²) in [4.78, 5) is 14.0. The SMILES string of the molecule is CCC(CN1CCOCC1)NS(=O)(=O)c1ccc(-c2ccc(=O)[nH]n2)s1. The molecule has 1 unspecified atom stereocenters. The molecular weight excluding hydrogens is 376 g/mol. The Balaban J connectivity index is 1.70. The summed E-state index contributed by atoms with van der Waals surface area (Å²) in [6.45, 7) is 5.64. The second-order valence-electron chi connectivity index (χ2n) is 6.06. The predicted molar refractivity (Wildman–Crippen MR) is 99.8 cm³/mol. The van der Waals surface area contributed by atoms with Crippen LogP contribution in [0.25, 0.3) is 10.6 Å². The van der Waals surface area contributed by atoms with E-state index in [1.54, 1.807) is 18.2 Å². The number of ether oxygens (including phenoxy) is 1. The number of hydrogen-bond donors (Lipinski definition) is 2. The molecule has 1 atom stereocenters. The van der Waals surface area contributed by atoms with Crippen molar-refractivity contribution in [3.8, 4) is 10.6 Å². The van der Waals surface area contributed by atoms with Crippen LogP contribution in [-0.4, -0.2) is 62.4 Å². The van der Waals surface area contributed by atoms with Crippen molar-refractivity contribution < 1.29 is 13.2 Å². The monoisotopic (exact) mass is 398 g/mol. The molecule has 10 heteroatoms. The molecule has 0 saturated carbocycles. The lowest BCUT2D eigenvalue weighted by molar-refractivity contribution is 0.0344. The Morgan fingerprint density at radius 3 is 2.73 bits per heavy atom. The van der Waals surface area contributed by atoms with Crippen LogP contribution in [-0.2, 0) is 14.8 Å². The molecule has 26 heavy (non-hydrogen) atoms. The number of nitrogens with zero attached hydrogens (tertiary/aromatic N) is 2. The maximum Gasteiger partial charge on any atom is 0.264 e. The molecule has 0 spiro atoms. The van der Waals surface area contributed by atoms with E-state index in [0.717, 1.165) is 24.4 Å². The Hall–Kier alpha value is -1.59. The van der Waals surface area contributed by atoms with E-state index >= 15 is 0 Å². The van der Waals surface area contributed by atoms with Crippen molar-refractivity contribution in [1.82, 2.24) is 19.8 Å². The van der Waals surface area contributed by atoms with Crippen molar-refractivity contribution in [1.29, 1.82) is 0 Å².